The fourth-order valence-electron chi connectivity index (χ4n) is 6.12. The molecule has 0 aliphatic rings. The molecule has 3 aromatic heterocycles. The van der Waals surface area contributed by atoms with Crippen LogP contribution in [0.25, 0.3) is 59.8 Å². The molecule has 0 fully saturated rings. The lowest BCUT2D eigenvalue weighted by molar-refractivity contribution is -0.643. The van der Waals surface area contributed by atoms with Gasteiger partial charge in [0.05, 0.1) is 27.3 Å². The summed E-state index contributed by atoms with van der Waals surface area (Å²) in [5, 5.41) is 8.62. The van der Waals surface area contributed by atoms with Gasteiger partial charge in [-0.15, -0.1) is 0 Å². The molecule has 3 heterocycles. The Hall–Kier alpha value is -3.65. The number of hydrogen-bond donors (Lipinski definition) is 0. The van der Waals surface area contributed by atoms with E-state index in [2.05, 4.69) is 95.9 Å². The van der Waals surface area contributed by atoms with E-state index >= 15 is 0 Å². The molecule has 0 amide bonds. The minimum absolute atomic E-state index is 0.501. The van der Waals surface area contributed by atoms with Crippen LogP contribution in [0.3, 0.4) is 0 Å². The van der Waals surface area contributed by atoms with Crippen LogP contribution in [0.15, 0.2) is 72.9 Å². The Labute approximate surface area is 203 Å². The molecular weight excluding hydrogens is 412 g/mol. The van der Waals surface area contributed by atoms with E-state index in [9.17, 15) is 0 Å². The highest BCUT2D eigenvalue weighted by Crippen LogP contribution is 2.42. The van der Waals surface area contributed by atoms with Crippen molar-refractivity contribution in [2.24, 2.45) is 12.5 Å². The normalized spacial score (nSPS) is 14.6. The molecule has 0 radical (unpaired) electrons. The number of fused-ring (bicyclic) bond motifs is 7. The molecule has 0 aliphatic heterocycles. The van der Waals surface area contributed by atoms with E-state index in [1.165, 1.54) is 65.3 Å². The summed E-state index contributed by atoms with van der Waals surface area (Å²) in [4.78, 5) is 0. The number of rotatable bonds is 1. The van der Waals surface area contributed by atoms with Crippen LogP contribution in [0.5, 0.6) is 0 Å². The second-order valence-corrected chi connectivity index (χ2v) is 10.6. The van der Waals surface area contributed by atoms with Gasteiger partial charge in [-0.3, -0.25) is 0 Å². The molecule has 7 rings (SSSR count). The quantitative estimate of drug-likeness (QED) is 0.138. The highest BCUT2D eigenvalue weighted by Gasteiger charge is 2.24. The fourth-order valence-corrected chi connectivity index (χ4v) is 6.12. The van der Waals surface area contributed by atoms with E-state index in [0.717, 1.165) is 5.56 Å². The lowest BCUT2D eigenvalue weighted by Gasteiger charge is -2.19. The first-order chi connectivity index (χ1) is 17.6. The van der Waals surface area contributed by atoms with E-state index in [0.29, 0.717) is 6.42 Å². The first-order valence-electron chi connectivity index (χ1n) is 13.5. The summed E-state index contributed by atoms with van der Waals surface area (Å²) in [5.41, 5.74) is 6.45. The van der Waals surface area contributed by atoms with Crippen molar-refractivity contribution in [3.8, 4) is 0 Å². The van der Waals surface area contributed by atoms with Crippen molar-refractivity contribution in [1.82, 2.24) is 4.40 Å². The molecule has 2 heteroatoms. The van der Waals surface area contributed by atoms with E-state index in [4.69, 9.17) is 4.11 Å². The lowest BCUT2D eigenvalue weighted by Crippen LogP contribution is -2.29. The second kappa shape index (κ2) is 6.48. The van der Waals surface area contributed by atoms with E-state index in [1.807, 2.05) is 13.8 Å². The van der Waals surface area contributed by atoms with Gasteiger partial charge in [0, 0.05) is 26.3 Å². The predicted molar refractivity (Wildman–Crippen MR) is 145 cm³/mol. The summed E-state index contributed by atoms with van der Waals surface area (Å²) in [6.45, 7) is 3.86. The van der Waals surface area contributed by atoms with Crippen LogP contribution in [-0.4, -0.2) is 4.40 Å². The number of hydrogen-bond acceptors (Lipinski definition) is 0. The number of nitrogens with zero attached hydrogens (tertiary/aromatic N) is 2. The zero-order chi connectivity index (χ0) is 25.9. The molecule has 4 aromatic carbocycles. The number of aromatic nitrogens is 2. The zero-order valence-electron chi connectivity index (χ0n) is 23.0. The summed E-state index contributed by atoms with van der Waals surface area (Å²) in [7, 11) is 2.13. The third kappa shape index (κ3) is 2.54. The highest BCUT2D eigenvalue weighted by atomic mass is 15.0. The molecule has 7 aromatic rings. The minimum Gasteiger partial charge on any atom is -0.307 e. The Morgan fingerprint density at radius 3 is 2.56 bits per heavy atom. The summed E-state index contributed by atoms with van der Waals surface area (Å²) in [5.74, 6) is 0. The van der Waals surface area contributed by atoms with Crippen LogP contribution in [0, 0.1) is 12.3 Å². The summed E-state index contributed by atoms with van der Waals surface area (Å²) < 4.78 is 28.7. The molecule has 0 spiro atoms. The van der Waals surface area contributed by atoms with E-state index < -0.39 is 12.3 Å². The van der Waals surface area contributed by atoms with Gasteiger partial charge < -0.3 is 4.40 Å². The van der Waals surface area contributed by atoms with Crippen molar-refractivity contribution in [2.45, 2.75) is 34.0 Å². The lowest BCUT2D eigenvalue weighted by atomic mass is 9.87. The first-order valence-corrected chi connectivity index (χ1v) is 12.0. The highest BCUT2D eigenvalue weighted by molar-refractivity contribution is 6.29. The van der Waals surface area contributed by atoms with Crippen molar-refractivity contribution in [2.75, 3.05) is 0 Å². The van der Waals surface area contributed by atoms with Gasteiger partial charge in [0.25, 0.3) is 0 Å². The summed E-state index contributed by atoms with van der Waals surface area (Å²) in [6, 6.07) is 24.2. The van der Waals surface area contributed by atoms with E-state index in [1.54, 1.807) is 0 Å². The maximum Gasteiger partial charge on any atom is 0.224 e. The number of pyridine rings is 2. The third-order valence-corrected chi connectivity index (χ3v) is 7.45. The molecule has 0 N–H and O–H groups in total. The molecule has 0 saturated heterocycles. The monoisotopic (exact) mass is 444 g/mol. The number of benzene rings is 4. The molecular formula is C32H29N2+. The Morgan fingerprint density at radius 1 is 0.853 bits per heavy atom. The third-order valence-electron chi connectivity index (χ3n) is 7.45. The van der Waals surface area contributed by atoms with Crippen LogP contribution < -0.4 is 4.57 Å². The predicted octanol–water partition coefficient (Wildman–Crippen LogP) is 7.86. The van der Waals surface area contributed by atoms with Crippen LogP contribution in [0.2, 0.25) is 0 Å². The van der Waals surface area contributed by atoms with Crippen LogP contribution >= 0.6 is 0 Å². The van der Waals surface area contributed by atoms with E-state index in [-0.39, 0.29) is 0 Å². The molecule has 0 saturated carbocycles. The van der Waals surface area contributed by atoms with Gasteiger partial charge in [0.1, 0.15) is 7.05 Å². The van der Waals surface area contributed by atoms with Gasteiger partial charge in [0.2, 0.25) is 5.52 Å². The molecule has 166 valence electrons. The van der Waals surface area contributed by atoms with Gasteiger partial charge in [-0.05, 0) is 52.8 Å². The van der Waals surface area contributed by atoms with Gasteiger partial charge in [0.15, 0.2) is 6.20 Å². The van der Waals surface area contributed by atoms with Crippen molar-refractivity contribution in [3.05, 3.63) is 84.1 Å². The summed E-state index contributed by atoms with van der Waals surface area (Å²) in [6.07, 6.45) is 2.66. The standard InChI is InChI=1S/C32H29N2/c1-19-10-13-24-22-8-6-7-9-26(22)34-27-17-21-12-11-20(18-32(2,3)4)16-25(21)23-14-15-33(5)31(29(23)27)28(19)30(24)34/h6-17H,18H2,1-5H3/q+1/i2D3. The van der Waals surface area contributed by atoms with Crippen molar-refractivity contribution < 1.29 is 8.68 Å². The Bertz CT molecular complexity index is 2040. The molecule has 0 bridgehead atoms. The van der Waals surface area contributed by atoms with Crippen molar-refractivity contribution >= 4 is 59.8 Å². The maximum absolute atomic E-state index is 8.01. The fraction of sp³-hybridized carbons (Fsp3) is 0.219. The average Bonchev–Trinajstić information content (AvgIpc) is 3.18. The van der Waals surface area contributed by atoms with Gasteiger partial charge in [-0.1, -0.05) is 69.2 Å². The molecule has 2 nitrogen and oxygen atoms in total. The smallest absolute Gasteiger partial charge is 0.224 e. The van der Waals surface area contributed by atoms with Gasteiger partial charge in [-0.25, -0.2) is 4.57 Å². The summed E-state index contributed by atoms with van der Waals surface area (Å²) >= 11 is 0. The van der Waals surface area contributed by atoms with Crippen LogP contribution in [-0.2, 0) is 13.5 Å². The zero-order valence-corrected chi connectivity index (χ0v) is 20.0. The molecule has 0 unspecified atom stereocenters. The molecule has 0 atom stereocenters. The number of aryl methyl sites for hydroxylation is 2. The van der Waals surface area contributed by atoms with Crippen molar-refractivity contribution in [3.63, 3.8) is 0 Å². The van der Waals surface area contributed by atoms with Gasteiger partial charge in [-0.2, -0.15) is 0 Å². The average molecular weight is 445 g/mol. The minimum atomic E-state index is -2.02. The Balaban J connectivity index is 1.68. The molecule has 34 heavy (non-hydrogen) atoms. The Morgan fingerprint density at radius 2 is 1.71 bits per heavy atom. The molecule has 0 aliphatic carbocycles. The first kappa shape index (κ1) is 16.9. The SMILES string of the molecule is [2H]C([2H])([2H])C(C)(C)Cc1ccc2cc3c4c(cc[n+](C)c4c4c(C)ccc5c6ccccc6n3c54)c2c1. The topological polar surface area (TPSA) is 8.29 Å². The largest absolute Gasteiger partial charge is 0.307 e. The van der Waals surface area contributed by atoms with Crippen LogP contribution in [0.1, 0.15) is 35.9 Å². The second-order valence-electron chi connectivity index (χ2n) is 10.6. The van der Waals surface area contributed by atoms with Crippen LogP contribution in [0.4, 0.5) is 0 Å². The van der Waals surface area contributed by atoms with Gasteiger partial charge >= 0.3 is 0 Å². The van der Waals surface area contributed by atoms with Crippen molar-refractivity contribution in [1.29, 1.82) is 0 Å². The maximum atomic E-state index is 8.01. The Kier molecular flexibility index (Phi) is 3.22. The number of para-hydroxylation sites is 1.